The zero-order valence-corrected chi connectivity index (χ0v) is 16.4. The highest BCUT2D eigenvalue weighted by Gasteiger charge is 2.19. The van der Waals surface area contributed by atoms with Gasteiger partial charge in [0.15, 0.2) is 4.96 Å². The van der Waals surface area contributed by atoms with E-state index in [0.29, 0.717) is 21.3 Å². The average molecular weight is 395 g/mol. The highest BCUT2D eigenvalue weighted by atomic mass is 32.1. The number of anilines is 1. The number of aromatic nitrogens is 2. The van der Waals surface area contributed by atoms with Gasteiger partial charge in [0, 0.05) is 17.5 Å². The minimum Gasteiger partial charge on any atom is -0.495 e. The van der Waals surface area contributed by atoms with Crippen LogP contribution in [0.2, 0.25) is 0 Å². The number of carbonyl (C=O) groups excluding carboxylic acids is 1. The molecule has 0 atom stereocenters. The Bertz CT molecular complexity index is 1180. The van der Waals surface area contributed by atoms with Gasteiger partial charge in [-0.1, -0.05) is 17.4 Å². The Kier molecular flexibility index (Phi) is 4.60. The SMILES string of the molecule is COc1ccc(C)cc1NC(=O)c1sc2nc(-c3ccc(F)cc3)cn2c1C. The molecule has 4 rings (SSSR count). The highest BCUT2D eigenvalue weighted by molar-refractivity contribution is 7.19. The second kappa shape index (κ2) is 7.09. The van der Waals surface area contributed by atoms with Crippen LogP contribution < -0.4 is 10.1 Å². The molecule has 5 nitrogen and oxygen atoms in total. The number of ether oxygens (including phenoxy) is 1. The summed E-state index contributed by atoms with van der Waals surface area (Å²) in [5, 5.41) is 2.93. The number of imidazole rings is 1. The average Bonchev–Trinajstić information content (AvgIpc) is 3.22. The molecule has 28 heavy (non-hydrogen) atoms. The van der Waals surface area contributed by atoms with Crippen molar-refractivity contribution in [2.75, 3.05) is 12.4 Å². The molecule has 7 heteroatoms. The molecule has 0 aliphatic heterocycles. The Morgan fingerprint density at radius 2 is 1.93 bits per heavy atom. The van der Waals surface area contributed by atoms with Crippen LogP contribution >= 0.6 is 11.3 Å². The van der Waals surface area contributed by atoms with Crippen LogP contribution in [0.15, 0.2) is 48.7 Å². The largest absolute Gasteiger partial charge is 0.495 e. The molecule has 1 N–H and O–H groups in total. The first-order valence-corrected chi connectivity index (χ1v) is 9.48. The molecular formula is C21H18FN3O2S. The number of rotatable bonds is 4. The number of halogens is 1. The molecule has 4 aromatic rings. The lowest BCUT2D eigenvalue weighted by Crippen LogP contribution is -2.12. The maximum Gasteiger partial charge on any atom is 0.267 e. The molecule has 0 unspecified atom stereocenters. The molecule has 2 heterocycles. The Labute approximate surface area is 165 Å². The molecule has 2 aromatic carbocycles. The molecule has 0 aliphatic carbocycles. The van der Waals surface area contributed by atoms with Crippen LogP contribution in [-0.2, 0) is 0 Å². The van der Waals surface area contributed by atoms with E-state index in [0.717, 1.165) is 22.5 Å². The number of methoxy groups -OCH3 is 1. The fraction of sp³-hybridized carbons (Fsp3) is 0.143. The summed E-state index contributed by atoms with van der Waals surface area (Å²) in [6.07, 6.45) is 1.86. The Balaban J connectivity index is 1.65. The van der Waals surface area contributed by atoms with Gasteiger partial charge < -0.3 is 10.1 Å². The molecular weight excluding hydrogens is 377 g/mol. The molecule has 0 fully saturated rings. The first-order chi connectivity index (χ1) is 13.5. The van der Waals surface area contributed by atoms with Crippen molar-refractivity contribution >= 4 is 27.9 Å². The summed E-state index contributed by atoms with van der Waals surface area (Å²) >= 11 is 1.31. The predicted octanol–water partition coefficient (Wildman–Crippen LogP) is 5.08. The fourth-order valence-corrected chi connectivity index (χ4v) is 4.02. The number of nitrogens with one attached hydrogen (secondary N) is 1. The third kappa shape index (κ3) is 3.25. The van der Waals surface area contributed by atoms with E-state index in [1.165, 1.54) is 23.5 Å². The quantitative estimate of drug-likeness (QED) is 0.524. The van der Waals surface area contributed by atoms with Crippen LogP contribution in [0.5, 0.6) is 5.75 Å². The first kappa shape index (κ1) is 18.2. The van der Waals surface area contributed by atoms with Gasteiger partial charge in [-0.25, -0.2) is 9.37 Å². The molecule has 0 saturated carbocycles. The number of carbonyl (C=O) groups is 1. The van der Waals surface area contributed by atoms with Gasteiger partial charge in [0.2, 0.25) is 0 Å². The van der Waals surface area contributed by atoms with Crippen LogP contribution in [-0.4, -0.2) is 22.4 Å². The second-order valence-electron chi connectivity index (χ2n) is 6.46. The van der Waals surface area contributed by atoms with Crippen molar-refractivity contribution in [3.63, 3.8) is 0 Å². The number of benzene rings is 2. The van der Waals surface area contributed by atoms with Crippen LogP contribution in [0, 0.1) is 19.7 Å². The van der Waals surface area contributed by atoms with Crippen LogP contribution in [0.4, 0.5) is 10.1 Å². The van der Waals surface area contributed by atoms with Crippen molar-refractivity contribution in [2.24, 2.45) is 0 Å². The Morgan fingerprint density at radius 3 is 2.61 bits per heavy atom. The van der Waals surface area contributed by atoms with E-state index in [2.05, 4.69) is 10.3 Å². The number of nitrogens with zero attached hydrogens (tertiary/aromatic N) is 2. The lowest BCUT2D eigenvalue weighted by atomic mass is 10.2. The fourth-order valence-electron chi connectivity index (χ4n) is 3.02. The van der Waals surface area contributed by atoms with Crippen LogP contribution in [0.1, 0.15) is 20.9 Å². The van der Waals surface area contributed by atoms with Gasteiger partial charge in [-0.05, 0) is 55.8 Å². The van der Waals surface area contributed by atoms with Crippen molar-refractivity contribution in [3.8, 4) is 17.0 Å². The number of amides is 1. The van der Waals surface area contributed by atoms with Crippen molar-refractivity contribution < 1.29 is 13.9 Å². The van der Waals surface area contributed by atoms with E-state index >= 15 is 0 Å². The normalized spacial score (nSPS) is 11.0. The van der Waals surface area contributed by atoms with Crippen LogP contribution in [0.3, 0.4) is 0 Å². The van der Waals surface area contributed by atoms with Gasteiger partial charge in [0.05, 0.1) is 18.5 Å². The van der Waals surface area contributed by atoms with E-state index in [1.807, 2.05) is 42.6 Å². The smallest absolute Gasteiger partial charge is 0.267 e. The van der Waals surface area contributed by atoms with Gasteiger partial charge in [0.25, 0.3) is 5.91 Å². The second-order valence-corrected chi connectivity index (χ2v) is 7.44. The Morgan fingerprint density at radius 1 is 1.18 bits per heavy atom. The number of fused-ring (bicyclic) bond motifs is 1. The molecule has 0 bridgehead atoms. The van der Waals surface area contributed by atoms with Crippen LogP contribution in [0.25, 0.3) is 16.2 Å². The minimum absolute atomic E-state index is 0.208. The number of hydrogen-bond donors (Lipinski definition) is 1. The van der Waals surface area contributed by atoms with Gasteiger partial charge >= 0.3 is 0 Å². The molecule has 142 valence electrons. The van der Waals surface area contributed by atoms with E-state index in [9.17, 15) is 9.18 Å². The summed E-state index contributed by atoms with van der Waals surface area (Å²) in [5.74, 6) is 0.114. The lowest BCUT2D eigenvalue weighted by Gasteiger charge is -2.10. The standard InChI is InChI=1S/C21H18FN3O2S/c1-12-4-9-18(27-3)16(10-12)23-20(26)19-13(2)25-11-17(24-21(25)28-19)14-5-7-15(22)8-6-14/h4-11H,1-3H3,(H,23,26). The number of aryl methyl sites for hydroxylation is 2. The van der Waals surface area contributed by atoms with Gasteiger partial charge in [-0.15, -0.1) is 0 Å². The topological polar surface area (TPSA) is 55.6 Å². The number of hydrogen-bond acceptors (Lipinski definition) is 4. The monoisotopic (exact) mass is 395 g/mol. The molecule has 0 spiro atoms. The summed E-state index contributed by atoms with van der Waals surface area (Å²) in [4.78, 5) is 18.7. The Hall–Kier alpha value is -3.19. The summed E-state index contributed by atoms with van der Waals surface area (Å²) in [6.45, 7) is 3.83. The van der Waals surface area contributed by atoms with Crippen molar-refractivity contribution in [1.82, 2.24) is 9.38 Å². The molecule has 0 saturated heterocycles. The molecule has 0 aliphatic rings. The summed E-state index contributed by atoms with van der Waals surface area (Å²) < 4.78 is 20.3. The maximum atomic E-state index is 13.1. The van der Waals surface area contributed by atoms with Crippen molar-refractivity contribution in [3.05, 3.63) is 70.6 Å². The maximum absolute atomic E-state index is 13.1. The minimum atomic E-state index is -0.286. The van der Waals surface area contributed by atoms with Gasteiger partial charge in [-0.3, -0.25) is 9.20 Å². The van der Waals surface area contributed by atoms with Gasteiger partial charge in [-0.2, -0.15) is 0 Å². The summed E-state index contributed by atoms with van der Waals surface area (Å²) in [6, 6.07) is 11.8. The van der Waals surface area contributed by atoms with E-state index in [4.69, 9.17) is 4.74 Å². The van der Waals surface area contributed by atoms with E-state index in [-0.39, 0.29) is 11.7 Å². The van der Waals surface area contributed by atoms with Gasteiger partial charge in [0.1, 0.15) is 16.4 Å². The lowest BCUT2D eigenvalue weighted by molar-refractivity contribution is 0.102. The third-order valence-electron chi connectivity index (χ3n) is 4.51. The number of thiazole rings is 1. The first-order valence-electron chi connectivity index (χ1n) is 8.66. The summed E-state index contributed by atoms with van der Waals surface area (Å²) in [7, 11) is 1.57. The van der Waals surface area contributed by atoms with Crippen molar-refractivity contribution in [2.45, 2.75) is 13.8 Å². The highest BCUT2D eigenvalue weighted by Crippen LogP contribution is 2.30. The molecule has 2 aromatic heterocycles. The zero-order chi connectivity index (χ0) is 19.8. The molecule has 1 amide bonds. The third-order valence-corrected chi connectivity index (χ3v) is 5.66. The predicted molar refractivity (Wildman–Crippen MR) is 109 cm³/mol. The van der Waals surface area contributed by atoms with E-state index < -0.39 is 0 Å². The molecule has 0 radical (unpaired) electrons. The summed E-state index contributed by atoms with van der Waals surface area (Å²) in [5.41, 5.74) is 4.02. The zero-order valence-electron chi connectivity index (χ0n) is 15.6. The van der Waals surface area contributed by atoms with E-state index in [1.54, 1.807) is 19.2 Å². The van der Waals surface area contributed by atoms with Crippen molar-refractivity contribution in [1.29, 1.82) is 0 Å².